The molecule has 1 amide bonds. The van der Waals surface area contributed by atoms with Crippen molar-refractivity contribution >= 4 is 27.5 Å². The fraction of sp³-hybridized carbons (Fsp3) is 0.130. The number of sulfonamides is 1. The van der Waals surface area contributed by atoms with Crippen molar-refractivity contribution in [3.63, 3.8) is 0 Å². The minimum atomic E-state index is -3.72. The van der Waals surface area contributed by atoms with Crippen molar-refractivity contribution in [3.8, 4) is 11.1 Å². The lowest BCUT2D eigenvalue weighted by atomic mass is 9.99. The number of hydrogen-bond donors (Lipinski definition) is 3. The Labute approximate surface area is 175 Å². The third-order valence-electron chi connectivity index (χ3n) is 4.86. The topological polar surface area (TPSA) is 89.2 Å². The molecule has 0 fully saturated rings. The standard InChI is InChI=1S/C23H21N3O3S/c27-23(21-13-5-4-12-20(21)17-8-2-1-3-9-17)25-18-10-6-11-19(16-18)30(28,29)26-22-14-7-15-24-22/h1-6,8-13,16H,7,14-15H2,(H,24,26)(H,25,27)/p+1. The zero-order chi connectivity index (χ0) is 21.0. The van der Waals surface area contributed by atoms with E-state index in [0.29, 0.717) is 23.5 Å². The van der Waals surface area contributed by atoms with Gasteiger partial charge in [0.05, 0.1) is 13.0 Å². The Hall–Kier alpha value is -3.45. The lowest BCUT2D eigenvalue weighted by molar-refractivity contribution is -0.448. The van der Waals surface area contributed by atoms with Crippen LogP contribution < -0.4 is 15.0 Å². The Morgan fingerprint density at radius 1 is 0.900 bits per heavy atom. The first-order valence-corrected chi connectivity index (χ1v) is 11.2. The predicted molar refractivity (Wildman–Crippen MR) is 117 cm³/mol. The van der Waals surface area contributed by atoms with Gasteiger partial charge in [-0.3, -0.25) is 9.79 Å². The first-order valence-electron chi connectivity index (χ1n) is 9.71. The Morgan fingerprint density at radius 3 is 2.43 bits per heavy atom. The maximum atomic E-state index is 13.0. The molecular formula is C23H22N3O3S+. The quantitative estimate of drug-likeness (QED) is 0.591. The average molecular weight is 421 g/mol. The molecule has 1 aliphatic heterocycles. The molecule has 30 heavy (non-hydrogen) atoms. The lowest BCUT2D eigenvalue weighted by Gasteiger charge is -2.11. The molecule has 3 N–H and O–H groups in total. The molecule has 0 aliphatic carbocycles. The van der Waals surface area contributed by atoms with Crippen LogP contribution in [0.5, 0.6) is 0 Å². The molecule has 6 nitrogen and oxygen atoms in total. The maximum Gasteiger partial charge on any atom is 0.328 e. The molecule has 0 atom stereocenters. The third kappa shape index (κ3) is 4.41. The summed E-state index contributed by atoms with van der Waals surface area (Å²) in [5.41, 5.74) is 2.67. The third-order valence-corrected chi connectivity index (χ3v) is 6.25. The van der Waals surface area contributed by atoms with Crippen molar-refractivity contribution in [1.29, 1.82) is 0 Å². The van der Waals surface area contributed by atoms with E-state index in [0.717, 1.165) is 24.1 Å². The number of anilines is 1. The van der Waals surface area contributed by atoms with Gasteiger partial charge in [0.2, 0.25) is 0 Å². The van der Waals surface area contributed by atoms with Gasteiger partial charge in [0.1, 0.15) is 4.90 Å². The Bertz CT molecular complexity index is 1210. The smallest absolute Gasteiger partial charge is 0.322 e. The van der Waals surface area contributed by atoms with Crippen LogP contribution in [0.25, 0.3) is 11.1 Å². The monoisotopic (exact) mass is 420 g/mol. The molecule has 0 radical (unpaired) electrons. The maximum absolute atomic E-state index is 13.0. The van der Waals surface area contributed by atoms with Crippen molar-refractivity contribution < 1.29 is 18.2 Å². The number of amides is 1. The minimum Gasteiger partial charge on any atom is -0.322 e. The molecule has 1 heterocycles. The lowest BCUT2D eigenvalue weighted by Crippen LogP contribution is -2.72. The van der Waals surface area contributed by atoms with Crippen LogP contribution in [0.1, 0.15) is 23.2 Å². The van der Waals surface area contributed by atoms with E-state index in [1.165, 1.54) is 12.1 Å². The molecule has 0 unspecified atom stereocenters. The van der Waals surface area contributed by atoms with Crippen molar-refractivity contribution in [3.05, 3.63) is 84.4 Å². The summed E-state index contributed by atoms with van der Waals surface area (Å²) < 4.78 is 27.9. The van der Waals surface area contributed by atoms with Crippen LogP contribution in [0.2, 0.25) is 0 Å². The van der Waals surface area contributed by atoms with Crippen LogP contribution in [-0.2, 0) is 10.0 Å². The molecule has 7 heteroatoms. The van der Waals surface area contributed by atoms with Gasteiger partial charge in [0, 0.05) is 11.3 Å². The fourth-order valence-electron chi connectivity index (χ4n) is 3.39. The average Bonchev–Trinajstić information content (AvgIpc) is 3.27. The second kappa shape index (κ2) is 8.51. The van der Waals surface area contributed by atoms with Crippen molar-refractivity contribution in [1.82, 2.24) is 4.72 Å². The first-order chi connectivity index (χ1) is 14.5. The SMILES string of the molecule is O=C(Nc1cccc(S(=O)(=O)NC2=[NH+]CCC2)c1)c1ccccc1-c1ccccc1. The molecule has 1 aliphatic rings. The Balaban J connectivity index is 1.57. The number of carbonyl (C=O) groups is 1. The largest absolute Gasteiger partial charge is 0.328 e. The van der Waals surface area contributed by atoms with Crippen molar-refractivity contribution in [2.75, 3.05) is 11.9 Å². The van der Waals surface area contributed by atoms with E-state index in [1.54, 1.807) is 24.3 Å². The minimum absolute atomic E-state index is 0.0952. The summed E-state index contributed by atoms with van der Waals surface area (Å²) in [5.74, 6) is 0.296. The summed E-state index contributed by atoms with van der Waals surface area (Å²) in [6, 6.07) is 23.2. The summed E-state index contributed by atoms with van der Waals surface area (Å²) in [6.45, 7) is 0.759. The van der Waals surface area contributed by atoms with Gasteiger partial charge in [0.15, 0.2) is 0 Å². The predicted octanol–water partition coefficient (Wildman–Crippen LogP) is 2.16. The summed E-state index contributed by atoms with van der Waals surface area (Å²) in [5, 5.41) is 2.82. The van der Waals surface area contributed by atoms with Crippen LogP contribution in [0.4, 0.5) is 5.69 Å². The Morgan fingerprint density at radius 2 is 1.67 bits per heavy atom. The summed E-state index contributed by atoms with van der Waals surface area (Å²) in [7, 11) is -3.72. The van der Waals surface area contributed by atoms with Gasteiger partial charge < -0.3 is 5.32 Å². The zero-order valence-electron chi connectivity index (χ0n) is 16.3. The zero-order valence-corrected chi connectivity index (χ0v) is 17.1. The number of amidine groups is 1. The number of nitrogens with one attached hydrogen (secondary N) is 3. The van der Waals surface area contributed by atoms with E-state index in [4.69, 9.17) is 0 Å². The van der Waals surface area contributed by atoms with Crippen molar-refractivity contribution in [2.24, 2.45) is 0 Å². The second-order valence-electron chi connectivity index (χ2n) is 7.01. The molecule has 152 valence electrons. The molecule has 0 bridgehead atoms. The summed E-state index contributed by atoms with van der Waals surface area (Å²) >= 11 is 0. The van der Waals surface area contributed by atoms with Gasteiger partial charge in [-0.2, -0.15) is 13.1 Å². The number of rotatable bonds is 5. The molecular weight excluding hydrogens is 398 g/mol. The molecule has 3 aromatic rings. The highest BCUT2D eigenvalue weighted by molar-refractivity contribution is 7.90. The van der Waals surface area contributed by atoms with Gasteiger partial charge in [-0.15, -0.1) is 0 Å². The van der Waals surface area contributed by atoms with E-state index < -0.39 is 10.0 Å². The van der Waals surface area contributed by atoms with Gasteiger partial charge in [-0.05, 0) is 41.8 Å². The van der Waals surface area contributed by atoms with E-state index in [9.17, 15) is 13.2 Å². The number of carbonyl (C=O) groups excluding carboxylic acids is 1. The van der Waals surface area contributed by atoms with Crippen molar-refractivity contribution in [2.45, 2.75) is 17.7 Å². The van der Waals surface area contributed by atoms with Gasteiger partial charge in [-0.1, -0.05) is 54.6 Å². The van der Waals surface area contributed by atoms with E-state index in [1.807, 2.05) is 42.5 Å². The van der Waals surface area contributed by atoms with Crippen LogP contribution in [0.15, 0.2) is 83.8 Å². The molecule has 4 rings (SSSR count). The van der Waals surface area contributed by atoms with Gasteiger partial charge in [-0.25, -0.2) is 0 Å². The summed E-state index contributed by atoms with van der Waals surface area (Å²) in [4.78, 5) is 16.1. The highest BCUT2D eigenvalue weighted by Crippen LogP contribution is 2.25. The second-order valence-corrected chi connectivity index (χ2v) is 8.69. The first kappa shape index (κ1) is 19.8. The molecule has 0 saturated carbocycles. The fourth-order valence-corrected chi connectivity index (χ4v) is 4.55. The van der Waals surface area contributed by atoms with Gasteiger partial charge >= 0.3 is 10.0 Å². The van der Waals surface area contributed by atoms with E-state index in [2.05, 4.69) is 15.0 Å². The molecule has 0 aromatic heterocycles. The highest BCUT2D eigenvalue weighted by atomic mass is 32.2. The van der Waals surface area contributed by atoms with Gasteiger partial charge in [0.25, 0.3) is 11.7 Å². The summed E-state index contributed by atoms with van der Waals surface area (Å²) in [6.07, 6.45) is 1.57. The van der Waals surface area contributed by atoms with Crippen LogP contribution in [0.3, 0.4) is 0 Å². The molecule has 3 aromatic carbocycles. The molecule has 0 spiro atoms. The number of benzene rings is 3. The Kier molecular flexibility index (Phi) is 5.63. The van der Waals surface area contributed by atoms with Crippen LogP contribution in [-0.4, -0.2) is 26.7 Å². The van der Waals surface area contributed by atoms with E-state index in [-0.39, 0.29) is 10.8 Å². The highest BCUT2D eigenvalue weighted by Gasteiger charge is 2.24. The number of hydrogen-bond acceptors (Lipinski definition) is 3. The van der Waals surface area contributed by atoms with Crippen LogP contribution in [0, 0.1) is 0 Å². The normalized spacial score (nSPS) is 13.5. The van der Waals surface area contributed by atoms with E-state index >= 15 is 0 Å². The van der Waals surface area contributed by atoms with Crippen LogP contribution >= 0.6 is 0 Å². The molecule has 0 saturated heterocycles.